The van der Waals surface area contributed by atoms with Crippen molar-refractivity contribution in [1.82, 2.24) is 0 Å². The van der Waals surface area contributed by atoms with Gasteiger partial charge < -0.3 is 19.2 Å². The van der Waals surface area contributed by atoms with Crippen LogP contribution in [-0.4, -0.2) is 22.9 Å². The smallest absolute Gasteiger partial charge is 0.291 e. The van der Waals surface area contributed by atoms with Gasteiger partial charge in [0.2, 0.25) is 0 Å². The summed E-state index contributed by atoms with van der Waals surface area (Å²) in [5.41, 5.74) is -1.15. The van der Waals surface area contributed by atoms with Crippen molar-refractivity contribution in [2.45, 2.75) is 13.5 Å². The van der Waals surface area contributed by atoms with Crippen LogP contribution in [-0.2, 0) is 6.61 Å². The van der Waals surface area contributed by atoms with E-state index < -0.39 is 27.1 Å². The van der Waals surface area contributed by atoms with Crippen molar-refractivity contribution < 1.29 is 28.5 Å². The molecule has 0 spiro atoms. The fraction of sp³-hybridized carbons (Fsp3) is 0.150. The first-order chi connectivity index (χ1) is 14.8. The van der Waals surface area contributed by atoms with Gasteiger partial charge in [-0.15, -0.1) is 0 Å². The predicted octanol–water partition coefficient (Wildman–Crippen LogP) is 4.24. The molecule has 160 valence electrons. The molecule has 0 saturated heterocycles. The lowest BCUT2D eigenvalue weighted by Gasteiger charge is -2.06. The summed E-state index contributed by atoms with van der Waals surface area (Å²) < 4.78 is 16.1. The van der Waals surface area contributed by atoms with E-state index in [1.165, 1.54) is 13.0 Å². The fourth-order valence-electron chi connectivity index (χ4n) is 2.73. The monoisotopic (exact) mass is 427 g/mol. The average Bonchev–Trinajstić information content (AvgIpc) is 3.22. The van der Waals surface area contributed by atoms with E-state index in [9.17, 15) is 25.0 Å². The molecule has 0 saturated carbocycles. The Labute approximate surface area is 175 Å². The summed E-state index contributed by atoms with van der Waals surface area (Å²) in [6.45, 7) is 1.32. The maximum Gasteiger partial charge on any atom is 0.291 e. The van der Waals surface area contributed by atoms with Crippen LogP contribution in [0, 0.1) is 27.2 Å². The van der Waals surface area contributed by atoms with E-state index >= 15 is 0 Å². The summed E-state index contributed by atoms with van der Waals surface area (Å²) in [6.07, 6.45) is 0. The van der Waals surface area contributed by atoms with Crippen LogP contribution in [0.15, 0.2) is 52.9 Å². The van der Waals surface area contributed by atoms with Crippen molar-refractivity contribution in [2.75, 3.05) is 12.4 Å². The molecule has 11 nitrogen and oxygen atoms in total. The Balaban J connectivity index is 1.70. The third-order valence-corrected chi connectivity index (χ3v) is 4.33. The first-order valence-corrected chi connectivity index (χ1v) is 8.89. The summed E-state index contributed by atoms with van der Waals surface area (Å²) in [5, 5.41) is 24.7. The molecule has 0 unspecified atom stereocenters. The molecule has 3 rings (SSSR count). The van der Waals surface area contributed by atoms with Crippen LogP contribution in [0.1, 0.15) is 21.9 Å². The van der Waals surface area contributed by atoms with Gasteiger partial charge in [0.15, 0.2) is 5.76 Å². The van der Waals surface area contributed by atoms with Crippen molar-refractivity contribution in [2.24, 2.45) is 0 Å². The lowest BCUT2D eigenvalue weighted by atomic mass is 10.1. The van der Waals surface area contributed by atoms with E-state index in [-0.39, 0.29) is 23.6 Å². The number of benzene rings is 2. The van der Waals surface area contributed by atoms with Crippen LogP contribution >= 0.6 is 0 Å². The summed E-state index contributed by atoms with van der Waals surface area (Å²) in [7, 11) is 1.55. The van der Waals surface area contributed by atoms with Crippen molar-refractivity contribution in [3.63, 3.8) is 0 Å². The van der Waals surface area contributed by atoms with Crippen LogP contribution < -0.4 is 14.8 Å². The molecule has 0 fully saturated rings. The van der Waals surface area contributed by atoms with Crippen molar-refractivity contribution in [3.05, 3.63) is 85.8 Å². The SMILES string of the molecule is COc1ccc(OCc2ccc(C(=O)Nc3cc([N+](=O)[O-])c(C)c([N+](=O)[O-])c3)o2)cc1. The van der Waals surface area contributed by atoms with Gasteiger partial charge in [0.25, 0.3) is 17.3 Å². The number of nitro benzene ring substituents is 2. The quantitative estimate of drug-likeness (QED) is 0.414. The molecular weight excluding hydrogens is 410 g/mol. The molecule has 1 heterocycles. The van der Waals surface area contributed by atoms with Crippen LogP contribution in [0.5, 0.6) is 11.5 Å². The third kappa shape index (κ3) is 4.96. The second-order valence-electron chi connectivity index (χ2n) is 6.34. The van der Waals surface area contributed by atoms with Crippen molar-refractivity contribution in [3.8, 4) is 11.5 Å². The molecule has 1 aromatic heterocycles. The summed E-state index contributed by atoms with van der Waals surface area (Å²) in [4.78, 5) is 33.2. The van der Waals surface area contributed by atoms with Gasteiger partial charge in [-0.1, -0.05) is 0 Å². The van der Waals surface area contributed by atoms with Gasteiger partial charge in [-0.05, 0) is 43.3 Å². The zero-order chi connectivity index (χ0) is 22.5. The number of amides is 1. The van der Waals surface area contributed by atoms with E-state index in [4.69, 9.17) is 13.9 Å². The number of nitro groups is 2. The highest BCUT2D eigenvalue weighted by molar-refractivity contribution is 6.02. The van der Waals surface area contributed by atoms with Gasteiger partial charge in [0.1, 0.15) is 29.4 Å². The molecule has 31 heavy (non-hydrogen) atoms. The van der Waals surface area contributed by atoms with Gasteiger partial charge in [-0.3, -0.25) is 25.0 Å². The third-order valence-electron chi connectivity index (χ3n) is 4.33. The van der Waals surface area contributed by atoms with Crippen LogP contribution in [0.2, 0.25) is 0 Å². The number of hydrogen-bond donors (Lipinski definition) is 1. The number of furan rings is 1. The van der Waals surface area contributed by atoms with Crippen LogP contribution in [0.3, 0.4) is 0 Å². The minimum Gasteiger partial charge on any atom is -0.497 e. The largest absolute Gasteiger partial charge is 0.497 e. The number of methoxy groups -OCH3 is 1. The molecule has 3 aromatic rings. The first-order valence-electron chi connectivity index (χ1n) is 8.89. The Bertz CT molecular complexity index is 1100. The molecule has 0 aliphatic rings. The van der Waals surface area contributed by atoms with Crippen molar-refractivity contribution in [1.29, 1.82) is 0 Å². The molecule has 0 aliphatic carbocycles. The van der Waals surface area contributed by atoms with E-state index in [0.29, 0.717) is 17.3 Å². The highest BCUT2D eigenvalue weighted by atomic mass is 16.6. The molecule has 11 heteroatoms. The summed E-state index contributed by atoms with van der Waals surface area (Å²) >= 11 is 0. The molecule has 1 amide bonds. The normalized spacial score (nSPS) is 10.4. The number of hydrogen-bond acceptors (Lipinski definition) is 8. The lowest BCUT2D eigenvalue weighted by Crippen LogP contribution is -2.12. The minimum atomic E-state index is -0.751. The molecule has 0 aliphatic heterocycles. The number of ether oxygens (including phenoxy) is 2. The standard InChI is InChI=1S/C20H17N3O8/c1-12-17(22(25)26)9-13(10-18(12)23(27)28)21-20(24)19-8-7-16(31-19)11-30-15-5-3-14(29-2)4-6-15/h3-10H,11H2,1-2H3,(H,21,24). The van der Waals surface area contributed by atoms with E-state index in [2.05, 4.69) is 5.32 Å². The molecule has 2 aromatic carbocycles. The number of nitrogens with zero attached hydrogens (tertiary/aromatic N) is 2. The summed E-state index contributed by atoms with van der Waals surface area (Å²) in [5.74, 6) is 0.813. The molecule has 1 N–H and O–H groups in total. The Hall–Kier alpha value is -4.41. The first kappa shape index (κ1) is 21.3. The molecular formula is C20H17N3O8. The number of carbonyl (C=O) groups is 1. The predicted molar refractivity (Wildman–Crippen MR) is 108 cm³/mol. The Morgan fingerprint density at radius 1 is 1.00 bits per heavy atom. The minimum absolute atomic E-state index is 0.0566. The maximum atomic E-state index is 12.4. The van der Waals surface area contributed by atoms with Gasteiger partial charge in [0.05, 0.1) is 22.6 Å². The number of anilines is 1. The highest BCUT2D eigenvalue weighted by Gasteiger charge is 2.24. The summed E-state index contributed by atoms with van der Waals surface area (Å²) in [6, 6.07) is 11.9. The van der Waals surface area contributed by atoms with Gasteiger partial charge in [-0.25, -0.2) is 0 Å². The fourth-order valence-corrected chi connectivity index (χ4v) is 2.73. The second kappa shape index (κ2) is 8.95. The average molecular weight is 427 g/mol. The van der Waals surface area contributed by atoms with E-state index in [1.807, 2.05) is 0 Å². The Morgan fingerprint density at radius 3 is 2.13 bits per heavy atom. The van der Waals surface area contributed by atoms with E-state index in [0.717, 1.165) is 12.1 Å². The zero-order valence-electron chi connectivity index (χ0n) is 16.5. The second-order valence-corrected chi connectivity index (χ2v) is 6.34. The zero-order valence-corrected chi connectivity index (χ0v) is 16.5. The van der Waals surface area contributed by atoms with Crippen LogP contribution in [0.25, 0.3) is 0 Å². The highest BCUT2D eigenvalue weighted by Crippen LogP contribution is 2.32. The topological polar surface area (TPSA) is 147 Å². The lowest BCUT2D eigenvalue weighted by molar-refractivity contribution is -0.395. The van der Waals surface area contributed by atoms with Crippen molar-refractivity contribution >= 4 is 23.0 Å². The molecule has 0 bridgehead atoms. The molecule has 0 atom stereocenters. The number of nitrogens with one attached hydrogen (secondary N) is 1. The van der Waals surface area contributed by atoms with Gasteiger partial charge in [-0.2, -0.15) is 0 Å². The number of carbonyl (C=O) groups excluding carboxylic acids is 1. The Kier molecular flexibility index (Phi) is 6.15. The van der Waals surface area contributed by atoms with Gasteiger partial charge in [0, 0.05) is 12.1 Å². The molecule has 0 radical (unpaired) electrons. The Morgan fingerprint density at radius 2 is 1.58 bits per heavy atom. The van der Waals surface area contributed by atoms with Gasteiger partial charge >= 0.3 is 0 Å². The van der Waals surface area contributed by atoms with Crippen LogP contribution in [0.4, 0.5) is 17.1 Å². The number of rotatable bonds is 8. The van der Waals surface area contributed by atoms with E-state index in [1.54, 1.807) is 37.4 Å². The maximum absolute atomic E-state index is 12.4.